The molecular formula is C21H23ClFN7O2. The van der Waals surface area contributed by atoms with Crippen molar-refractivity contribution < 1.29 is 13.9 Å². The minimum atomic E-state index is -0.474. The summed E-state index contributed by atoms with van der Waals surface area (Å²) < 4.78 is 26.0. The zero-order valence-electron chi connectivity index (χ0n) is 17.7. The number of rotatable bonds is 6. The highest BCUT2D eigenvalue weighted by atomic mass is 35.5. The smallest absolute Gasteiger partial charge is 0.321 e. The van der Waals surface area contributed by atoms with Crippen LogP contribution in [-0.2, 0) is 7.05 Å². The third-order valence-corrected chi connectivity index (χ3v) is 6.31. The monoisotopic (exact) mass is 459 g/mol. The maximum absolute atomic E-state index is 13.6. The van der Waals surface area contributed by atoms with Crippen LogP contribution in [0.2, 0.25) is 5.02 Å². The third-order valence-electron chi connectivity index (χ3n) is 6.09. The molecule has 11 heteroatoms. The molecule has 2 aromatic heterocycles. The lowest BCUT2D eigenvalue weighted by Crippen LogP contribution is -2.48. The van der Waals surface area contributed by atoms with Gasteiger partial charge in [-0.3, -0.25) is 0 Å². The van der Waals surface area contributed by atoms with Crippen molar-refractivity contribution in [2.45, 2.75) is 18.9 Å². The van der Waals surface area contributed by atoms with Gasteiger partial charge in [0, 0.05) is 43.3 Å². The standard InChI is InChI=1S/C21H23ClFN7O2/c1-29-21(32-17-6-14(22)5-15(23)7-17)26-20(28-29)25-19-12-3-4-13(19)11-30(10-12)16-8-18(31-2)27-24-9-16/h5-9,12-13,19H,3-4,10-11H2,1-2H3,(H,25,28)/t12-,13+,19-. The van der Waals surface area contributed by atoms with Gasteiger partial charge in [0.25, 0.3) is 0 Å². The van der Waals surface area contributed by atoms with E-state index in [1.54, 1.807) is 20.4 Å². The highest BCUT2D eigenvalue weighted by molar-refractivity contribution is 6.30. The minimum absolute atomic E-state index is 0.255. The zero-order chi connectivity index (χ0) is 22.2. The summed E-state index contributed by atoms with van der Waals surface area (Å²) in [6.45, 7) is 1.81. The van der Waals surface area contributed by atoms with Crippen LogP contribution < -0.4 is 19.7 Å². The molecule has 3 heterocycles. The molecule has 1 aliphatic carbocycles. The summed E-state index contributed by atoms with van der Waals surface area (Å²) in [5.41, 5.74) is 1.02. The number of anilines is 2. The van der Waals surface area contributed by atoms with Gasteiger partial charge in [0.15, 0.2) is 0 Å². The van der Waals surface area contributed by atoms with Crippen LogP contribution in [0.3, 0.4) is 0 Å². The number of nitrogens with zero attached hydrogens (tertiary/aromatic N) is 6. The minimum Gasteiger partial charge on any atom is -0.480 e. The van der Waals surface area contributed by atoms with Gasteiger partial charge in [-0.1, -0.05) is 11.6 Å². The Labute approximate surface area is 189 Å². The number of aryl methyl sites for hydroxylation is 1. The highest BCUT2D eigenvalue weighted by Crippen LogP contribution is 2.40. The van der Waals surface area contributed by atoms with Crippen molar-refractivity contribution in [3.05, 3.63) is 41.3 Å². The lowest BCUT2D eigenvalue weighted by atomic mass is 9.92. The van der Waals surface area contributed by atoms with E-state index in [4.69, 9.17) is 21.1 Å². The number of ether oxygens (including phenoxy) is 2. The van der Waals surface area contributed by atoms with Crippen LogP contribution in [0.5, 0.6) is 17.6 Å². The van der Waals surface area contributed by atoms with Gasteiger partial charge in [-0.15, -0.1) is 10.2 Å². The Morgan fingerprint density at radius 3 is 2.66 bits per heavy atom. The van der Waals surface area contributed by atoms with Gasteiger partial charge in [0.05, 0.1) is 19.0 Å². The summed E-state index contributed by atoms with van der Waals surface area (Å²) in [6.07, 6.45) is 4.04. The van der Waals surface area contributed by atoms with Gasteiger partial charge < -0.3 is 19.7 Å². The lowest BCUT2D eigenvalue weighted by molar-refractivity contribution is 0.373. The first kappa shape index (κ1) is 20.7. The first-order chi connectivity index (χ1) is 15.5. The first-order valence-corrected chi connectivity index (χ1v) is 10.8. The molecule has 168 valence electrons. The summed E-state index contributed by atoms with van der Waals surface area (Å²) in [5.74, 6) is 1.70. The molecule has 1 saturated carbocycles. The van der Waals surface area contributed by atoms with Crippen LogP contribution in [0.4, 0.5) is 16.0 Å². The van der Waals surface area contributed by atoms with Crippen LogP contribution in [0.15, 0.2) is 30.5 Å². The van der Waals surface area contributed by atoms with E-state index in [9.17, 15) is 4.39 Å². The Balaban J connectivity index is 1.28. The van der Waals surface area contributed by atoms with Crippen molar-refractivity contribution in [2.24, 2.45) is 18.9 Å². The maximum Gasteiger partial charge on any atom is 0.321 e. The number of piperidine rings is 1. The van der Waals surface area contributed by atoms with E-state index in [1.165, 1.54) is 22.9 Å². The van der Waals surface area contributed by atoms with Gasteiger partial charge in [-0.25, -0.2) is 9.07 Å². The summed E-state index contributed by atoms with van der Waals surface area (Å²) >= 11 is 5.91. The first-order valence-electron chi connectivity index (χ1n) is 10.4. The fourth-order valence-electron chi connectivity index (χ4n) is 4.64. The number of hydrogen-bond donors (Lipinski definition) is 1. The molecule has 9 nitrogen and oxygen atoms in total. The topological polar surface area (TPSA) is 90.2 Å². The van der Waals surface area contributed by atoms with Gasteiger partial charge in [0.1, 0.15) is 11.6 Å². The Bertz CT molecular complexity index is 1090. The Kier molecular flexibility index (Phi) is 5.46. The zero-order valence-corrected chi connectivity index (χ0v) is 18.5. The van der Waals surface area contributed by atoms with Crippen molar-refractivity contribution in [2.75, 3.05) is 30.4 Å². The average Bonchev–Trinajstić information content (AvgIpc) is 3.20. The van der Waals surface area contributed by atoms with Gasteiger partial charge >= 0.3 is 6.01 Å². The molecule has 3 atom stereocenters. The quantitative estimate of drug-likeness (QED) is 0.598. The molecular weight excluding hydrogens is 437 g/mol. The van der Waals surface area contributed by atoms with Crippen LogP contribution in [-0.4, -0.2) is 51.2 Å². The van der Waals surface area contributed by atoms with E-state index in [1.807, 2.05) is 6.07 Å². The van der Waals surface area contributed by atoms with Gasteiger partial charge in [-0.2, -0.15) is 10.1 Å². The number of benzene rings is 1. The molecule has 5 rings (SSSR count). The Hall–Kier alpha value is -3.14. The summed E-state index contributed by atoms with van der Waals surface area (Å²) in [7, 11) is 3.32. The summed E-state index contributed by atoms with van der Waals surface area (Å²) in [4.78, 5) is 6.80. The predicted molar refractivity (Wildman–Crippen MR) is 117 cm³/mol. The van der Waals surface area contributed by atoms with Crippen molar-refractivity contribution in [1.82, 2.24) is 25.0 Å². The van der Waals surface area contributed by atoms with E-state index in [2.05, 4.69) is 30.5 Å². The molecule has 1 aliphatic heterocycles. The lowest BCUT2D eigenvalue weighted by Gasteiger charge is -2.39. The maximum atomic E-state index is 13.6. The van der Waals surface area contributed by atoms with Crippen molar-refractivity contribution in [3.8, 4) is 17.6 Å². The van der Waals surface area contributed by atoms with Crippen LogP contribution in [0.1, 0.15) is 12.8 Å². The third kappa shape index (κ3) is 4.14. The molecule has 0 amide bonds. The van der Waals surface area contributed by atoms with E-state index in [-0.39, 0.29) is 22.8 Å². The van der Waals surface area contributed by atoms with Crippen LogP contribution in [0.25, 0.3) is 0 Å². The van der Waals surface area contributed by atoms with E-state index >= 15 is 0 Å². The number of methoxy groups -OCH3 is 1. The number of aromatic nitrogens is 5. The highest BCUT2D eigenvalue weighted by Gasteiger charge is 2.42. The number of hydrogen-bond acceptors (Lipinski definition) is 8. The van der Waals surface area contributed by atoms with E-state index in [0.717, 1.165) is 31.6 Å². The number of halogens is 2. The molecule has 2 aliphatic rings. The largest absolute Gasteiger partial charge is 0.480 e. The molecule has 1 saturated heterocycles. The molecule has 3 aromatic rings. The van der Waals surface area contributed by atoms with Gasteiger partial charge in [-0.05, 0) is 36.8 Å². The summed E-state index contributed by atoms with van der Waals surface area (Å²) in [5, 5.41) is 16.2. The molecule has 0 spiro atoms. The predicted octanol–water partition coefficient (Wildman–Crippen LogP) is 3.53. The average molecular weight is 460 g/mol. The van der Waals surface area contributed by atoms with Crippen LogP contribution in [0, 0.1) is 17.7 Å². The second-order valence-corrected chi connectivity index (χ2v) is 8.61. The van der Waals surface area contributed by atoms with Crippen molar-refractivity contribution >= 4 is 23.2 Å². The second kappa shape index (κ2) is 8.42. The van der Waals surface area contributed by atoms with E-state index < -0.39 is 5.82 Å². The SMILES string of the molecule is COc1cc(N2C[C@H]3CC[C@@H](C2)[C@@H]3Nc2nc(Oc3cc(F)cc(Cl)c3)n(C)n2)cnn1. The molecule has 1 aromatic carbocycles. The molecule has 0 radical (unpaired) electrons. The van der Waals surface area contributed by atoms with Crippen molar-refractivity contribution in [1.29, 1.82) is 0 Å². The normalized spacial score (nSPS) is 22.1. The number of nitrogens with one attached hydrogen (secondary N) is 1. The molecule has 2 fully saturated rings. The molecule has 1 N–H and O–H groups in total. The Morgan fingerprint density at radius 2 is 1.94 bits per heavy atom. The fraction of sp³-hybridized carbons (Fsp3) is 0.429. The molecule has 32 heavy (non-hydrogen) atoms. The van der Waals surface area contributed by atoms with Crippen molar-refractivity contribution in [3.63, 3.8) is 0 Å². The fourth-order valence-corrected chi connectivity index (χ4v) is 4.85. The van der Waals surface area contributed by atoms with Crippen LogP contribution >= 0.6 is 11.6 Å². The van der Waals surface area contributed by atoms with E-state index in [0.29, 0.717) is 23.7 Å². The Morgan fingerprint density at radius 1 is 1.16 bits per heavy atom. The molecule has 0 unspecified atom stereocenters. The summed E-state index contributed by atoms with van der Waals surface area (Å²) in [6, 6.07) is 6.45. The second-order valence-electron chi connectivity index (χ2n) is 8.18. The number of fused-ring (bicyclic) bond motifs is 2. The van der Waals surface area contributed by atoms with Gasteiger partial charge in [0.2, 0.25) is 11.8 Å². The molecule has 2 bridgehead atoms.